The number of halogens is 2. The van der Waals surface area contributed by atoms with Gasteiger partial charge < -0.3 is 0 Å². The van der Waals surface area contributed by atoms with Crippen molar-refractivity contribution in [1.29, 1.82) is 0 Å². The van der Waals surface area contributed by atoms with Gasteiger partial charge >= 0.3 is 0 Å². The fourth-order valence-corrected chi connectivity index (χ4v) is 4.88. The highest BCUT2D eigenvalue weighted by Crippen LogP contribution is 2.38. The Labute approximate surface area is 139 Å². The molecule has 0 aromatic rings. The minimum Gasteiger partial charge on any atom is -0.209 e. The molecular weight excluding hydrogens is 306 g/mol. The van der Waals surface area contributed by atoms with E-state index in [0.717, 1.165) is 25.7 Å². The molecule has 128 valence electrons. The minimum atomic E-state index is -2.19. The normalized spacial score (nSPS) is 14.6. The van der Waals surface area contributed by atoms with Crippen molar-refractivity contribution in [1.82, 2.24) is 0 Å². The van der Waals surface area contributed by atoms with Gasteiger partial charge in [0, 0.05) is 0 Å². The molecule has 0 N–H and O–H groups in total. The van der Waals surface area contributed by atoms with Gasteiger partial charge in [-0.3, -0.25) is 0 Å². The molecule has 21 heavy (non-hydrogen) atoms. The molecule has 2 atom stereocenters. The van der Waals surface area contributed by atoms with E-state index in [-0.39, 0.29) is 5.92 Å². The van der Waals surface area contributed by atoms with Gasteiger partial charge in [-0.1, -0.05) is 93.2 Å². The van der Waals surface area contributed by atoms with E-state index in [9.17, 15) is 8.78 Å². The van der Waals surface area contributed by atoms with Gasteiger partial charge in [-0.05, 0) is 25.0 Å². The highest BCUT2D eigenvalue weighted by molar-refractivity contribution is 8.76. The summed E-state index contributed by atoms with van der Waals surface area (Å²) in [6.07, 6.45) is 12.6. The summed E-state index contributed by atoms with van der Waals surface area (Å²) in [5, 5.41) is -0.479. The van der Waals surface area contributed by atoms with E-state index in [1.807, 2.05) is 6.26 Å². The zero-order valence-corrected chi connectivity index (χ0v) is 15.7. The minimum absolute atomic E-state index is 0.195. The number of unbranched alkanes of at least 4 members (excludes halogenated alkanes) is 7. The van der Waals surface area contributed by atoms with Gasteiger partial charge in [-0.15, -0.1) is 0 Å². The maximum atomic E-state index is 13.3. The second kappa shape index (κ2) is 15.5. The van der Waals surface area contributed by atoms with Crippen molar-refractivity contribution in [3.8, 4) is 0 Å². The van der Waals surface area contributed by atoms with Crippen LogP contribution in [-0.4, -0.2) is 17.9 Å². The van der Waals surface area contributed by atoms with Gasteiger partial charge in [0.2, 0.25) is 0 Å². The molecule has 0 aliphatic heterocycles. The molecule has 0 saturated carbocycles. The van der Waals surface area contributed by atoms with Crippen LogP contribution in [-0.2, 0) is 0 Å². The second-order valence-corrected chi connectivity index (χ2v) is 8.52. The lowest BCUT2D eigenvalue weighted by atomic mass is 9.91. The number of hydrogen-bond acceptors (Lipinski definition) is 2. The van der Waals surface area contributed by atoms with E-state index in [1.54, 1.807) is 0 Å². The summed E-state index contributed by atoms with van der Waals surface area (Å²) >= 11 is 0. The lowest BCUT2D eigenvalue weighted by Crippen LogP contribution is -2.24. The Morgan fingerprint density at radius 3 is 1.67 bits per heavy atom. The zero-order chi connectivity index (χ0) is 15.9. The Kier molecular flexibility index (Phi) is 15.9. The highest BCUT2D eigenvalue weighted by atomic mass is 33.1. The summed E-state index contributed by atoms with van der Waals surface area (Å²) in [6, 6.07) is 0. The quantitative estimate of drug-likeness (QED) is 0.222. The van der Waals surface area contributed by atoms with E-state index in [0.29, 0.717) is 0 Å². The summed E-state index contributed by atoms with van der Waals surface area (Å²) in [7, 11) is 2.89. The van der Waals surface area contributed by atoms with Crippen molar-refractivity contribution >= 4 is 21.6 Å². The highest BCUT2D eigenvalue weighted by Gasteiger charge is 2.29. The second-order valence-electron chi connectivity index (χ2n) is 5.87. The van der Waals surface area contributed by atoms with Gasteiger partial charge in [0.15, 0.2) is 0 Å². The molecule has 0 aliphatic carbocycles. The molecule has 0 heterocycles. The van der Waals surface area contributed by atoms with Crippen LogP contribution in [0, 0.1) is 5.92 Å². The Morgan fingerprint density at radius 2 is 1.24 bits per heavy atom. The van der Waals surface area contributed by atoms with Gasteiger partial charge in [0.05, 0.1) is 5.25 Å². The first-order valence-corrected chi connectivity index (χ1v) is 11.3. The third-order valence-corrected chi connectivity index (χ3v) is 6.28. The van der Waals surface area contributed by atoms with Crippen molar-refractivity contribution in [2.24, 2.45) is 5.92 Å². The summed E-state index contributed by atoms with van der Waals surface area (Å²) in [6.45, 7) is 4.40. The van der Waals surface area contributed by atoms with E-state index in [1.165, 1.54) is 66.5 Å². The first kappa shape index (κ1) is 21.6. The van der Waals surface area contributed by atoms with Crippen molar-refractivity contribution in [3.05, 3.63) is 0 Å². The van der Waals surface area contributed by atoms with Crippen molar-refractivity contribution < 1.29 is 8.78 Å². The first-order valence-electron chi connectivity index (χ1n) is 8.64. The molecule has 0 aliphatic rings. The largest absolute Gasteiger partial charge is 0.251 e. The van der Waals surface area contributed by atoms with Gasteiger partial charge in [0.25, 0.3) is 6.43 Å². The van der Waals surface area contributed by atoms with Crippen LogP contribution >= 0.6 is 21.6 Å². The molecule has 4 heteroatoms. The predicted octanol–water partition coefficient (Wildman–Crippen LogP) is 7.58. The van der Waals surface area contributed by atoms with Gasteiger partial charge in [-0.2, -0.15) is 0 Å². The molecule has 0 amide bonds. The van der Waals surface area contributed by atoms with Gasteiger partial charge in [-0.25, -0.2) is 8.78 Å². The van der Waals surface area contributed by atoms with Crippen LogP contribution in [0.15, 0.2) is 0 Å². The third-order valence-electron chi connectivity index (χ3n) is 4.03. The fourth-order valence-electron chi connectivity index (χ4n) is 2.75. The average Bonchev–Trinajstić information content (AvgIpc) is 2.47. The molecule has 0 nitrogen and oxygen atoms in total. The molecule has 0 fully saturated rings. The standard InChI is InChI=1S/C17H34F2S2/c1-4-6-8-10-12-14-15(13-11-9-7-5-2)16(17(18)19)21-20-3/h15-17H,4-14H2,1-3H3/t15?,16-/m0/s1. The molecule has 0 bridgehead atoms. The summed E-state index contributed by atoms with van der Waals surface area (Å²) in [5.74, 6) is 0.195. The van der Waals surface area contributed by atoms with E-state index < -0.39 is 11.7 Å². The van der Waals surface area contributed by atoms with Crippen molar-refractivity contribution in [2.45, 2.75) is 96.2 Å². The van der Waals surface area contributed by atoms with Crippen LogP contribution in [0.5, 0.6) is 0 Å². The summed E-state index contributed by atoms with van der Waals surface area (Å²) in [5.41, 5.74) is 0. The number of rotatable bonds is 15. The SMILES string of the molecule is CCCCCCCC(CCCCCC)[C@H](SSC)C(F)F. The van der Waals surface area contributed by atoms with Crippen LogP contribution in [0.2, 0.25) is 0 Å². The Balaban J connectivity index is 4.22. The molecule has 0 saturated heterocycles. The van der Waals surface area contributed by atoms with E-state index in [2.05, 4.69) is 13.8 Å². The Hall–Kier alpha value is 0.560. The van der Waals surface area contributed by atoms with Crippen LogP contribution in [0.4, 0.5) is 8.78 Å². The molecule has 0 aromatic carbocycles. The molecule has 0 radical (unpaired) electrons. The average molecular weight is 341 g/mol. The summed E-state index contributed by atoms with van der Waals surface area (Å²) in [4.78, 5) is 0. The lowest BCUT2D eigenvalue weighted by Gasteiger charge is -2.25. The smallest absolute Gasteiger partial charge is 0.209 e. The van der Waals surface area contributed by atoms with E-state index >= 15 is 0 Å². The molecule has 0 spiro atoms. The van der Waals surface area contributed by atoms with Gasteiger partial charge in [0.1, 0.15) is 0 Å². The van der Waals surface area contributed by atoms with Crippen molar-refractivity contribution in [3.63, 3.8) is 0 Å². The maximum absolute atomic E-state index is 13.3. The Morgan fingerprint density at radius 1 is 0.762 bits per heavy atom. The monoisotopic (exact) mass is 340 g/mol. The predicted molar refractivity (Wildman–Crippen MR) is 96.5 cm³/mol. The van der Waals surface area contributed by atoms with Crippen LogP contribution in [0.1, 0.15) is 84.5 Å². The number of hydrogen-bond donors (Lipinski definition) is 0. The molecule has 0 rings (SSSR count). The van der Waals surface area contributed by atoms with Crippen LogP contribution in [0.25, 0.3) is 0 Å². The lowest BCUT2D eigenvalue weighted by molar-refractivity contribution is 0.117. The fraction of sp³-hybridized carbons (Fsp3) is 1.00. The molecule has 0 aromatic heterocycles. The summed E-state index contributed by atoms with van der Waals surface area (Å²) < 4.78 is 26.6. The molecule has 1 unspecified atom stereocenters. The van der Waals surface area contributed by atoms with Crippen LogP contribution in [0.3, 0.4) is 0 Å². The van der Waals surface area contributed by atoms with Crippen LogP contribution < -0.4 is 0 Å². The molecular formula is C17H34F2S2. The van der Waals surface area contributed by atoms with E-state index in [4.69, 9.17) is 0 Å². The topological polar surface area (TPSA) is 0 Å². The maximum Gasteiger partial charge on any atom is 0.251 e. The zero-order valence-electron chi connectivity index (χ0n) is 14.1. The Bertz CT molecular complexity index is 213. The third kappa shape index (κ3) is 11.7. The number of alkyl halides is 2. The van der Waals surface area contributed by atoms with Crippen molar-refractivity contribution in [2.75, 3.05) is 6.26 Å². The first-order chi connectivity index (χ1) is 10.2.